The van der Waals surface area contributed by atoms with Crippen LogP contribution in [-0.2, 0) is 16.1 Å². The van der Waals surface area contributed by atoms with Gasteiger partial charge in [0, 0.05) is 57.2 Å². The molecule has 4 amide bonds. The predicted octanol–water partition coefficient (Wildman–Crippen LogP) is 4.91. The quantitative estimate of drug-likeness (QED) is 0.122. The lowest BCUT2D eigenvalue weighted by molar-refractivity contribution is -0.136. The second kappa shape index (κ2) is 15.7. The molecule has 0 saturated carbocycles. The highest BCUT2D eigenvalue weighted by atomic mass is 35.5. The SMILES string of the molecule is Cc1nc(Nc2ncc(C(=O)Nc3c(C)cccc3Cl)s2)cc(N2CCN(CCCC#Cc3cccc4c3C(=O)N(C3CCC(=O)NC3=O)C4)CC2)n1. The summed E-state index contributed by atoms with van der Waals surface area (Å²) in [5.41, 5.74) is 3.54. The second-order valence-electron chi connectivity index (χ2n) is 13.2. The van der Waals surface area contributed by atoms with Crippen LogP contribution in [0.1, 0.15) is 68.2 Å². The molecule has 1 unspecified atom stereocenters. The first-order valence-corrected chi connectivity index (χ1v) is 18.7. The van der Waals surface area contributed by atoms with Crippen molar-refractivity contribution in [3.8, 4) is 11.8 Å². The van der Waals surface area contributed by atoms with Gasteiger partial charge in [-0.05, 0) is 56.5 Å². The van der Waals surface area contributed by atoms with Crippen molar-refractivity contribution >= 4 is 69.0 Å². The van der Waals surface area contributed by atoms with Crippen molar-refractivity contribution in [2.75, 3.05) is 48.3 Å². The van der Waals surface area contributed by atoms with E-state index in [1.54, 1.807) is 11.0 Å². The van der Waals surface area contributed by atoms with E-state index < -0.39 is 11.9 Å². The van der Waals surface area contributed by atoms with Gasteiger partial charge in [-0.3, -0.25) is 29.4 Å². The third-order valence-electron chi connectivity index (χ3n) is 9.50. The molecule has 3 aliphatic rings. The standard InChI is InChI=1S/C38H38ClN9O4S/c1-23-8-6-12-27(39)34(23)45-36(51)29-21-40-38(53-29)43-30-20-31(42-24(2)41-30)47-18-16-46(17-19-47)15-5-3-4-9-25-10-7-11-26-22-48(37(52)33(25)26)28-13-14-32(49)44-35(28)50/h6-8,10-12,20-21,28H,3,5,13-19,22H2,1-2H3,(H,45,51)(H,44,49,50)(H,40,41,42,43). The molecule has 7 rings (SSSR count). The number of nitrogens with zero attached hydrogens (tertiary/aromatic N) is 6. The third kappa shape index (κ3) is 8.17. The van der Waals surface area contributed by atoms with Crippen LogP contribution in [0.4, 0.5) is 22.5 Å². The van der Waals surface area contributed by atoms with Crippen LogP contribution in [0.3, 0.4) is 0 Å². The van der Waals surface area contributed by atoms with Crippen LogP contribution in [0.15, 0.2) is 48.7 Å². The molecular weight excluding hydrogens is 714 g/mol. The maximum Gasteiger partial charge on any atom is 0.267 e. The molecule has 0 radical (unpaired) electrons. The highest BCUT2D eigenvalue weighted by molar-refractivity contribution is 7.17. The average Bonchev–Trinajstić information content (AvgIpc) is 3.74. The number of fused-ring (bicyclic) bond motifs is 1. The Kier molecular flexibility index (Phi) is 10.7. The van der Waals surface area contributed by atoms with Crippen LogP contribution in [-0.4, -0.2) is 87.1 Å². The minimum Gasteiger partial charge on any atom is -0.354 e. The second-order valence-corrected chi connectivity index (χ2v) is 14.6. The van der Waals surface area contributed by atoms with Crippen LogP contribution in [0.25, 0.3) is 0 Å². The van der Waals surface area contributed by atoms with E-state index in [9.17, 15) is 19.2 Å². The lowest BCUT2D eigenvalue weighted by Crippen LogP contribution is -2.52. The molecule has 15 heteroatoms. The number of imide groups is 1. The number of aryl methyl sites for hydroxylation is 2. The first-order valence-electron chi connectivity index (χ1n) is 17.5. The molecule has 13 nitrogen and oxygen atoms in total. The molecule has 272 valence electrons. The van der Waals surface area contributed by atoms with Crippen LogP contribution >= 0.6 is 22.9 Å². The Hall–Kier alpha value is -5.36. The smallest absolute Gasteiger partial charge is 0.267 e. The number of benzene rings is 2. The van der Waals surface area contributed by atoms with E-state index in [1.807, 2.05) is 50.2 Å². The average molecular weight is 752 g/mol. The Morgan fingerprint density at radius 3 is 2.68 bits per heavy atom. The summed E-state index contributed by atoms with van der Waals surface area (Å²) in [4.78, 5) is 70.5. The van der Waals surface area contributed by atoms with E-state index in [0.29, 0.717) is 62.9 Å². The number of carbonyl (C=O) groups is 4. The number of rotatable bonds is 9. The number of piperidine rings is 1. The number of amides is 4. The summed E-state index contributed by atoms with van der Waals surface area (Å²) in [6.07, 6.45) is 3.67. The van der Waals surface area contributed by atoms with E-state index in [1.165, 1.54) is 17.5 Å². The summed E-state index contributed by atoms with van der Waals surface area (Å²) in [5, 5.41) is 9.49. The van der Waals surface area contributed by atoms with Crippen LogP contribution < -0.4 is 20.9 Å². The summed E-state index contributed by atoms with van der Waals surface area (Å²) in [6.45, 7) is 8.37. The van der Waals surface area contributed by atoms with Gasteiger partial charge in [-0.1, -0.05) is 59.0 Å². The fourth-order valence-electron chi connectivity index (χ4n) is 6.76. The molecule has 5 heterocycles. The number of nitrogens with one attached hydrogen (secondary N) is 3. The molecule has 3 aliphatic heterocycles. The zero-order valence-corrected chi connectivity index (χ0v) is 30.9. The van der Waals surface area contributed by atoms with Crippen molar-refractivity contribution in [1.29, 1.82) is 0 Å². The monoisotopic (exact) mass is 751 g/mol. The molecule has 2 aromatic heterocycles. The Bertz CT molecular complexity index is 2130. The minimum absolute atomic E-state index is 0.207. The van der Waals surface area contributed by atoms with Crippen molar-refractivity contribution in [1.82, 2.24) is 30.1 Å². The van der Waals surface area contributed by atoms with Gasteiger partial charge in [0.25, 0.3) is 11.8 Å². The maximum absolute atomic E-state index is 13.3. The lowest BCUT2D eigenvalue weighted by Gasteiger charge is -2.35. The summed E-state index contributed by atoms with van der Waals surface area (Å²) in [7, 11) is 0. The molecule has 3 N–H and O–H groups in total. The van der Waals surface area contributed by atoms with Crippen molar-refractivity contribution < 1.29 is 19.2 Å². The van der Waals surface area contributed by atoms with Gasteiger partial charge in [-0.15, -0.1) is 0 Å². The molecule has 0 bridgehead atoms. The number of thiazole rings is 1. The normalized spacial score (nSPS) is 17.3. The molecule has 53 heavy (non-hydrogen) atoms. The first kappa shape index (κ1) is 36.0. The van der Waals surface area contributed by atoms with E-state index in [-0.39, 0.29) is 24.1 Å². The number of unbranched alkanes of at least 4 members (excludes halogenated alkanes) is 1. The first-order chi connectivity index (χ1) is 25.6. The van der Waals surface area contributed by atoms with Gasteiger partial charge in [0.05, 0.1) is 22.5 Å². The van der Waals surface area contributed by atoms with E-state index in [4.69, 9.17) is 11.6 Å². The van der Waals surface area contributed by atoms with Gasteiger partial charge in [0.1, 0.15) is 28.4 Å². The van der Waals surface area contributed by atoms with Gasteiger partial charge < -0.3 is 20.4 Å². The van der Waals surface area contributed by atoms with Gasteiger partial charge >= 0.3 is 0 Å². The molecule has 2 aromatic carbocycles. The molecule has 4 aromatic rings. The number of anilines is 4. The molecule has 2 fully saturated rings. The fraction of sp³-hybridized carbons (Fsp3) is 0.342. The van der Waals surface area contributed by atoms with E-state index in [2.05, 4.69) is 52.5 Å². The van der Waals surface area contributed by atoms with Crippen molar-refractivity contribution in [3.63, 3.8) is 0 Å². The molecular formula is C38H38ClN9O4S. The summed E-state index contributed by atoms with van der Waals surface area (Å²) >= 11 is 7.51. The zero-order chi connectivity index (χ0) is 37.1. The number of carbonyl (C=O) groups excluding carboxylic acids is 4. The van der Waals surface area contributed by atoms with E-state index >= 15 is 0 Å². The number of halogens is 1. The van der Waals surface area contributed by atoms with Crippen LogP contribution in [0, 0.1) is 25.7 Å². The number of hydrogen-bond acceptors (Lipinski definition) is 11. The van der Waals surface area contributed by atoms with Crippen molar-refractivity contribution in [2.24, 2.45) is 0 Å². The molecule has 0 aliphatic carbocycles. The fourth-order valence-corrected chi connectivity index (χ4v) is 7.75. The molecule has 0 spiro atoms. The highest BCUT2D eigenvalue weighted by Gasteiger charge is 2.40. The van der Waals surface area contributed by atoms with Crippen LogP contribution in [0.2, 0.25) is 5.02 Å². The third-order valence-corrected chi connectivity index (χ3v) is 10.7. The predicted molar refractivity (Wildman–Crippen MR) is 204 cm³/mol. The Morgan fingerprint density at radius 1 is 1.08 bits per heavy atom. The zero-order valence-electron chi connectivity index (χ0n) is 29.4. The number of hydrogen-bond donors (Lipinski definition) is 3. The van der Waals surface area contributed by atoms with Crippen LogP contribution in [0.5, 0.6) is 0 Å². The van der Waals surface area contributed by atoms with Crippen molar-refractivity contribution in [3.05, 3.63) is 86.6 Å². The number of piperazine rings is 1. The molecule has 2 saturated heterocycles. The number of para-hydroxylation sites is 1. The highest BCUT2D eigenvalue weighted by Crippen LogP contribution is 2.31. The minimum atomic E-state index is -0.643. The number of aromatic nitrogens is 3. The van der Waals surface area contributed by atoms with Gasteiger partial charge in [0.15, 0.2) is 5.13 Å². The van der Waals surface area contributed by atoms with E-state index in [0.717, 1.165) is 56.1 Å². The summed E-state index contributed by atoms with van der Waals surface area (Å²) in [6, 6.07) is 12.4. The lowest BCUT2D eigenvalue weighted by atomic mass is 10.0. The Balaban J connectivity index is 0.886. The van der Waals surface area contributed by atoms with Gasteiger partial charge in [-0.2, -0.15) is 0 Å². The Labute approximate surface area is 316 Å². The van der Waals surface area contributed by atoms with Crippen molar-refractivity contribution in [2.45, 2.75) is 52.1 Å². The summed E-state index contributed by atoms with van der Waals surface area (Å²) in [5.74, 6) is 7.31. The van der Waals surface area contributed by atoms with Gasteiger partial charge in [0.2, 0.25) is 11.8 Å². The molecule has 1 atom stereocenters. The maximum atomic E-state index is 13.3. The largest absolute Gasteiger partial charge is 0.354 e. The Morgan fingerprint density at radius 2 is 1.89 bits per heavy atom. The topological polar surface area (TPSA) is 153 Å². The van der Waals surface area contributed by atoms with Gasteiger partial charge in [-0.25, -0.2) is 15.0 Å². The summed E-state index contributed by atoms with van der Waals surface area (Å²) < 4.78 is 0.